The van der Waals surface area contributed by atoms with Crippen LogP contribution in [0.4, 0.5) is 5.69 Å². The summed E-state index contributed by atoms with van der Waals surface area (Å²) in [5.74, 6) is -0.275. The van der Waals surface area contributed by atoms with Gasteiger partial charge in [0.2, 0.25) is 5.79 Å². The standard InChI is InChI=1S/C31H31BrCl2N4O3/c32-24-3-1-23(2-4-24)18-36-13-15-38(16-14-36)26-6-8-27(9-7-26)39-19-28-20-40-31(41-28,21-37-12-11-35-22-37)29-10-5-25(33)17-30(29)34/h1-12,17,22,28H,13-16,18-21H2. The van der Waals surface area contributed by atoms with Crippen molar-refractivity contribution < 1.29 is 14.2 Å². The zero-order valence-electron chi connectivity index (χ0n) is 22.5. The first-order chi connectivity index (χ1) is 20.0. The monoisotopic (exact) mass is 656 g/mol. The molecule has 2 atom stereocenters. The van der Waals surface area contributed by atoms with E-state index < -0.39 is 5.79 Å². The molecule has 214 valence electrons. The Morgan fingerprint density at radius 1 is 0.976 bits per heavy atom. The van der Waals surface area contributed by atoms with E-state index in [0.717, 1.165) is 48.5 Å². The van der Waals surface area contributed by atoms with Gasteiger partial charge in [0.25, 0.3) is 0 Å². The van der Waals surface area contributed by atoms with Crippen LogP contribution in [-0.4, -0.2) is 59.9 Å². The molecule has 2 fully saturated rings. The number of benzene rings is 3. The van der Waals surface area contributed by atoms with Crippen molar-refractivity contribution in [1.29, 1.82) is 0 Å². The average Bonchev–Trinajstić information content (AvgIpc) is 3.64. The van der Waals surface area contributed by atoms with Gasteiger partial charge in [0.15, 0.2) is 0 Å². The smallest absolute Gasteiger partial charge is 0.215 e. The molecule has 0 N–H and O–H groups in total. The Bertz CT molecular complexity index is 1430. The van der Waals surface area contributed by atoms with Gasteiger partial charge in [-0.25, -0.2) is 4.98 Å². The molecule has 3 aromatic carbocycles. The number of hydrogen-bond donors (Lipinski definition) is 0. The number of halogens is 3. The minimum Gasteiger partial charge on any atom is -0.491 e. The first-order valence-electron chi connectivity index (χ1n) is 13.6. The summed E-state index contributed by atoms with van der Waals surface area (Å²) in [7, 11) is 0. The number of ether oxygens (including phenoxy) is 3. The SMILES string of the molecule is Clc1ccc(C2(Cn3ccnc3)OCC(COc3ccc(N4CCN(Cc5ccc(Br)cc5)CC4)cc3)O2)c(Cl)c1. The number of nitrogens with zero attached hydrogens (tertiary/aromatic N) is 4. The second-order valence-electron chi connectivity index (χ2n) is 10.4. The molecule has 0 saturated carbocycles. The highest BCUT2D eigenvalue weighted by Gasteiger charge is 2.45. The quantitative estimate of drug-likeness (QED) is 0.202. The third-order valence-electron chi connectivity index (χ3n) is 7.48. The van der Waals surface area contributed by atoms with Crippen molar-refractivity contribution in [3.05, 3.63) is 111 Å². The molecule has 7 nitrogen and oxygen atoms in total. The lowest BCUT2D eigenvalue weighted by Crippen LogP contribution is -2.45. The van der Waals surface area contributed by atoms with Crippen molar-refractivity contribution >= 4 is 44.8 Å². The van der Waals surface area contributed by atoms with Gasteiger partial charge in [-0.2, -0.15) is 0 Å². The third-order valence-corrected chi connectivity index (χ3v) is 8.56. The van der Waals surface area contributed by atoms with Crippen LogP contribution in [0, 0.1) is 0 Å². The molecule has 41 heavy (non-hydrogen) atoms. The van der Waals surface area contributed by atoms with Gasteiger partial charge in [0.1, 0.15) is 18.5 Å². The van der Waals surface area contributed by atoms with Crippen molar-refractivity contribution in [1.82, 2.24) is 14.5 Å². The van der Waals surface area contributed by atoms with Crippen LogP contribution in [0.25, 0.3) is 0 Å². The van der Waals surface area contributed by atoms with E-state index in [1.807, 2.05) is 29.0 Å². The molecule has 2 aliphatic rings. The molecule has 0 amide bonds. The minimum absolute atomic E-state index is 0.274. The molecule has 6 rings (SSSR count). The predicted molar refractivity (Wildman–Crippen MR) is 165 cm³/mol. The Hall–Kier alpha value is -2.59. The van der Waals surface area contributed by atoms with Gasteiger partial charge >= 0.3 is 0 Å². The minimum atomic E-state index is -1.07. The van der Waals surface area contributed by atoms with Gasteiger partial charge in [0, 0.05) is 65.9 Å². The Balaban J connectivity index is 1.03. The summed E-state index contributed by atoms with van der Waals surface area (Å²) >= 11 is 16.2. The fourth-order valence-corrected chi connectivity index (χ4v) is 6.15. The maximum Gasteiger partial charge on any atom is 0.215 e. The zero-order chi connectivity index (χ0) is 28.2. The molecule has 4 aromatic rings. The number of hydrogen-bond acceptors (Lipinski definition) is 6. The van der Waals surface area contributed by atoms with Crippen LogP contribution in [0.3, 0.4) is 0 Å². The summed E-state index contributed by atoms with van der Waals surface area (Å²) in [6, 6.07) is 22.2. The van der Waals surface area contributed by atoms with E-state index >= 15 is 0 Å². The molecule has 1 aromatic heterocycles. The molecule has 0 bridgehead atoms. The Labute approximate surface area is 258 Å². The number of imidazole rings is 1. The molecule has 2 aliphatic heterocycles. The number of anilines is 1. The number of aromatic nitrogens is 2. The Morgan fingerprint density at radius 3 is 2.46 bits per heavy atom. The molecule has 0 spiro atoms. The van der Waals surface area contributed by atoms with E-state index in [4.69, 9.17) is 37.4 Å². The molecular weight excluding hydrogens is 627 g/mol. The van der Waals surface area contributed by atoms with Gasteiger partial charge in [-0.1, -0.05) is 57.3 Å². The van der Waals surface area contributed by atoms with Gasteiger partial charge in [-0.15, -0.1) is 0 Å². The maximum absolute atomic E-state index is 6.58. The van der Waals surface area contributed by atoms with Crippen molar-refractivity contribution in [3.63, 3.8) is 0 Å². The summed E-state index contributed by atoms with van der Waals surface area (Å²) in [5, 5.41) is 1.05. The fourth-order valence-electron chi connectivity index (χ4n) is 5.33. The molecule has 0 radical (unpaired) electrons. The van der Waals surface area contributed by atoms with Gasteiger partial charge in [-0.05, 0) is 54.1 Å². The van der Waals surface area contributed by atoms with Crippen molar-refractivity contribution in [2.24, 2.45) is 0 Å². The Kier molecular flexibility index (Phi) is 8.86. The Morgan fingerprint density at radius 2 is 1.76 bits per heavy atom. The van der Waals surface area contributed by atoms with Crippen molar-refractivity contribution in [2.75, 3.05) is 44.3 Å². The van der Waals surface area contributed by atoms with E-state index in [9.17, 15) is 0 Å². The third kappa shape index (κ3) is 6.91. The summed E-state index contributed by atoms with van der Waals surface area (Å²) in [6.45, 7) is 6.16. The van der Waals surface area contributed by atoms with E-state index in [2.05, 4.69) is 67.1 Å². The van der Waals surface area contributed by atoms with Crippen LogP contribution in [0.2, 0.25) is 10.0 Å². The molecular formula is C31H31BrCl2N4O3. The second kappa shape index (κ2) is 12.7. The lowest BCUT2D eigenvalue weighted by atomic mass is 10.1. The van der Waals surface area contributed by atoms with Crippen LogP contribution in [0.5, 0.6) is 5.75 Å². The summed E-state index contributed by atoms with van der Waals surface area (Å²) < 4.78 is 21.9. The predicted octanol–water partition coefficient (Wildman–Crippen LogP) is 6.62. The first-order valence-corrected chi connectivity index (χ1v) is 15.2. The highest BCUT2D eigenvalue weighted by atomic mass is 79.9. The van der Waals surface area contributed by atoms with Gasteiger partial charge in [-0.3, -0.25) is 4.90 Å². The van der Waals surface area contributed by atoms with Crippen LogP contribution >= 0.6 is 39.1 Å². The van der Waals surface area contributed by atoms with E-state index in [1.54, 1.807) is 24.7 Å². The molecule has 2 saturated heterocycles. The van der Waals surface area contributed by atoms with E-state index in [0.29, 0.717) is 29.8 Å². The summed E-state index contributed by atoms with van der Waals surface area (Å²) in [6.07, 6.45) is 5.04. The number of piperazine rings is 1. The van der Waals surface area contributed by atoms with Crippen molar-refractivity contribution in [2.45, 2.75) is 25.0 Å². The topological polar surface area (TPSA) is 52.0 Å². The molecule has 10 heteroatoms. The largest absolute Gasteiger partial charge is 0.491 e. The molecule has 0 aliphatic carbocycles. The van der Waals surface area contributed by atoms with Crippen LogP contribution in [0.15, 0.2) is 89.9 Å². The van der Waals surface area contributed by atoms with Crippen LogP contribution in [0.1, 0.15) is 11.1 Å². The van der Waals surface area contributed by atoms with E-state index in [1.165, 1.54) is 11.3 Å². The summed E-state index contributed by atoms with van der Waals surface area (Å²) in [5.41, 5.74) is 3.27. The van der Waals surface area contributed by atoms with Crippen LogP contribution < -0.4 is 9.64 Å². The highest BCUT2D eigenvalue weighted by Crippen LogP contribution is 2.40. The number of rotatable bonds is 9. The molecule has 3 heterocycles. The van der Waals surface area contributed by atoms with Gasteiger partial charge in [0.05, 0.1) is 24.5 Å². The highest BCUT2D eigenvalue weighted by molar-refractivity contribution is 9.10. The van der Waals surface area contributed by atoms with Gasteiger partial charge < -0.3 is 23.7 Å². The lowest BCUT2D eigenvalue weighted by molar-refractivity contribution is -0.189. The average molecular weight is 658 g/mol. The zero-order valence-corrected chi connectivity index (χ0v) is 25.6. The summed E-state index contributed by atoms with van der Waals surface area (Å²) in [4.78, 5) is 9.08. The van der Waals surface area contributed by atoms with E-state index in [-0.39, 0.29) is 6.10 Å². The lowest BCUT2D eigenvalue weighted by Gasteiger charge is -2.36. The maximum atomic E-state index is 6.58. The van der Waals surface area contributed by atoms with Crippen molar-refractivity contribution in [3.8, 4) is 5.75 Å². The van der Waals surface area contributed by atoms with Crippen LogP contribution in [-0.2, 0) is 28.4 Å². The molecule has 2 unspecified atom stereocenters. The first kappa shape index (κ1) is 28.5. The normalized spacial score (nSPS) is 21.3. The fraction of sp³-hybridized carbons (Fsp3) is 0.323. The second-order valence-corrected chi connectivity index (χ2v) is 12.1.